The van der Waals surface area contributed by atoms with E-state index in [0.717, 1.165) is 47.6 Å². The van der Waals surface area contributed by atoms with Crippen molar-refractivity contribution in [3.05, 3.63) is 88.5 Å². The molecule has 2 heterocycles. The molecule has 3 aromatic carbocycles. The van der Waals surface area contributed by atoms with Crippen LogP contribution in [0.15, 0.2) is 60.7 Å². The maximum atomic E-state index is 13.8. The lowest BCUT2D eigenvalue weighted by atomic mass is 9.86. The minimum absolute atomic E-state index is 0.0543. The second kappa shape index (κ2) is 12.4. The maximum absolute atomic E-state index is 13.8. The Hall–Kier alpha value is -3.35. The summed E-state index contributed by atoms with van der Waals surface area (Å²) in [7, 11) is 1.65. The average Bonchev–Trinajstić information content (AvgIpc) is 2.97. The minimum Gasteiger partial charge on any atom is -0.493 e. The Morgan fingerprint density at radius 3 is 2.45 bits per heavy atom. The van der Waals surface area contributed by atoms with E-state index < -0.39 is 0 Å². The summed E-state index contributed by atoms with van der Waals surface area (Å²) in [5, 5.41) is 7.25. The van der Waals surface area contributed by atoms with Gasteiger partial charge in [0.2, 0.25) is 5.91 Å². The number of nitrogens with zero attached hydrogens (tertiary/aromatic N) is 1. The SMILES string of the molecule is CC[C@@H](C)Oc1cc2c(cc1OC)CC(=O)N(c1ccc(C(C)N[C@H]3CCCNC3)cc1)C2c1ccc(C)cc1. The topological polar surface area (TPSA) is 62.8 Å². The van der Waals surface area contributed by atoms with E-state index in [0.29, 0.717) is 18.2 Å². The highest BCUT2D eigenvalue weighted by molar-refractivity contribution is 5.98. The van der Waals surface area contributed by atoms with Crippen LogP contribution in [0.2, 0.25) is 0 Å². The summed E-state index contributed by atoms with van der Waals surface area (Å²) in [5.74, 6) is 1.46. The molecule has 1 fully saturated rings. The van der Waals surface area contributed by atoms with Crippen molar-refractivity contribution in [2.24, 2.45) is 0 Å². The van der Waals surface area contributed by atoms with Crippen molar-refractivity contribution in [2.75, 3.05) is 25.1 Å². The van der Waals surface area contributed by atoms with Crippen LogP contribution in [0.3, 0.4) is 0 Å². The van der Waals surface area contributed by atoms with Gasteiger partial charge in [-0.1, -0.05) is 48.9 Å². The zero-order valence-corrected chi connectivity index (χ0v) is 24.5. The van der Waals surface area contributed by atoms with E-state index in [9.17, 15) is 4.79 Å². The fourth-order valence-corrected chi connectivity index (χ4v) is 5.85. The van der Waals surface area contributed by atoms with E-state index in [-0.39, 0.29) is 24.1 Å². The van der Waals surface area contributed by atoms with Crippen LogP contribution in [0.1, 0.15) is 79.9 Å². The normalized spacial score (nSPS) is 20.5. The van der Waals surface area contributed by atoms with Crippen LogP contribution in [0.4, 0.5) is 5.69 Å². The Balaban J connectivity index is 1.51. The number of aryl methyl sites for hydroxylation is 1. The molecule has 40 heavy (non-hydrogen) atoms. The average molecular weight is 542 g/mol. The summed E-state index contributed by atoms with van der Waals surface area (Å²) in [4.78, 5) is 15.8. The van der Waals surface area contributed by atoms with Gasteiger partial charge in [0.1, 0.15) is 0 Å². The number of rotatable bonds is 9. The van der Waals surface area contributed by atoms with Gasteiger partial charge in [-0.3, -0.25) is 4.79 Å². The van der Waals surface area contributed by atoms with Gasteiger partial charge in [-0.2, -0.15) is 0 Å². The Labute approximate surface area is 239 Å². The molecule has 212 valence electrons. The molecule has 3 aromatic rings. The van der Waals surface area contributed by atoms with E-state index in [4.69, 9.17) is 9.47 Å². The number of nitrogens with one attached hydrogen (secondary N) is 2. The second-order valence-corrected chi connectivity index (χ2v) is 11.3. The molecule has 2 N–H and O–H groups in total. The van der Waals surface area contributed by atoms with Crippen LogP contribution in [0.5, 0.6) is 11.5 Å². The molecule has 0 radical (unpaired) electrons. The molecule has 2 aliphatic rings. The fourth-order valence-electron chi connectivity index (χ4n) is 5.85. The Kier molecular flexibility index (Phi) is 8.77. The number of benzene rings is 3. The summed E-state index contributed by atoms with van der Waals surface area (Å²) >= 11 is 0. The van der Waals surface area contributed by atoms with Gasteiger partial charge >= 0.3 is 0 Å². The van der Waals surface area contributed by atoms with Gasteiger partial charge in [0.05, 0.1) is 25.7 Å². The standard InChI is InChI=1S/C34H43N3O3/c1-6-23(3)40-32-20-30-27(18-31(32)39-5)19-33(38)37(34(30)26-11-9-22(2)10-12-26)29-15-13-25(14-16-29)24(4)36-28-8-7-17-35-21-28/h9-16,18,20,23-24,28,34-36H,6-8,17,19,21H2,1-5H3/t23-,24?,28+,34?/m1/s1. The molecule has 4 atom stereocenters. The monoisotopic (exact) mass is 541 g/mol. The van der Waals surface area contributed by atoms with Crippen molar-refractivity contribution in [2.45, 2.75) is 77.6 Å². The van der Waals surface area contributed by atoms with Crippen molar-refractivity contribution in [1.82, 2.24) is 10.6 Å². The summed E-state index contributed by atoms with van der Waals surface area (Å²) in [6.45, 7) is 10.6. The number of methoxy groups -OCH3 is 1. The predicted molar refractivity (Wildman–Crippen MR) is 161 cm³/mol. The van der Waals surface area contributed by atoms with E-state index in [1.165, 1.54) is 24.0 Å². The van der Waals surface area contributed by atoms with Crippen molar-refractivity contribution >= 4 is 11.6 Å². The molecule has 0 bridgehead atoms. The lowest BCUT2D eigenvalue weighted by Crippen LogP contribution is -2.44. The third-order valence-electron chi connectivity index (χ3n) is 8.34. The number of amides is 1. The number of fused-ring (bicyclic) bond motifs is 1. The first-order chi connectivity index (χ1) is 19.4. The van der Waals surface area contributed by atoms with E-state index >= 15 is 0 Å². The van der Waals surface area contributed by atoms with E-state index in [1.807, 2.05) is 11.0 Å². The van der Waals surface area contributed by atoms with Crippen LogP contribution >= 0.6 is 0 Å². The minimum atomic E-state index is -0.267. The molecule has 0 aliphatic carbocycles. The largest absolute Gasteiger partial charge is 0.493 e. The van der Waals surface area contributed by atoms with Gasteiger partial charge in [-0.05, 0) is 93.1 Å². The summed E-state index contributed by atoms with van der Waals surface area (Å²) in [6, 6.07) is 21.5. The molecule has 0 saturated carbocycles. The van der Waals surface area contributed by atoms with Gasteiger partial charge in [0, 0.05) is 24.3 Å². The number of hydrogen-bond donors (Lipinski definition) is 2. The van der Waals surface area contributed by atoms with Gasteiger partial charge < -0.3 is 25.0 Å². The molecular weight excluding hydrogens is 498 g/mol. The zero-order valence-electron chi connectivity index (χ0n) is 24.5. The Morgan fingerprint density at radius 1 is 1.05 bits per heavy atom. The second-order valence-electron chi connectivity index (χ2n) is 11.3. The highest BCUT2D eigenvalue weighted by Gasteiger charge is 2.36. The van der Waals surface area contributed by atoms with Gasteiger partial charge in [-0.25, -0.2) is 0 Å². The zero-order chi connectivity index (χ0) is 28.2. The smallest absolute Gasteiger partial charge is 0.232 e. The molecule has 2 aliphatic heterocycles. The summed E-state index contributed by atoms with van der Waals surface area (Å²) in [6.07, 6.45) is 3.66. The van der Waals surface area contributed by atoms with Gasteiger partial charge in [-0.15, -0.1) is 0 Å². The third-order valence-corrected chi connectivity index (χ3v) is 8.34. The first-order valence-electron chi connectivity index (χ1n) is 14.7. The van der Waals surface area contributed by atoms with Crippen molar-refractivity contribution in [1.29, 1.82) is 0 Å². The number of carbonyl (C=O) groups excluding carboxylic acids is 1. The molecule has 6 nitrogen and oxygen atoms in total. The van der Waals surface area contributed by atoms with Crippen LogP contribution in [0, 0.1) is 6.92 Å². The molecule has 1 amide bonds. The lowest BCUT2D eigenvalue weighted by molar-refractivity contribution is -0.118. The number of hydrogen-bond acceptors (Lipinski definition) is 5. The van der Waals surface area contributed by atoms with Crippen LogP contribution < -0.4 is 25.0 Å². The fraction of sp³-hybridized carbons (Fsp3) is 0.441. The first kappa shape index (κ1) is 28.2. The predicted octanol–water partition coefficient (Wildman–Crippen LogP) is 6.26. The Morgan fingerprint density at radius 2 is 1.80 bits per heavy atom. The number of carbonyl (C=O) groups is 1. The summed E-state index contributed by atoms with van der Waals surface area (Å²) < 4.78 is 12.0. The molecule has 6 heteroatoms. The lowest BCUT2D eigenvalue weighted by Gasteiger charge is -2.38. The molecular formula is C34H43N3O3. The van der Waals surface area contributed by atoms with Crippen LogP contribution in [-0.2, 0) is 11.2 Å². The van der Waals surface area contributed by atoms with Crippen molar-refractivity contribution in [3.8, 4) is 11.5 Å². The molecule has 1 saturated heterocycles. The molecule has 0 spiro atoms. The number of anilines is 1. The van der Waals surface area contributed by atoms with Crippen molar-refractivity contribution < 1.29 is 14.3 Å². The van der Waals surface area contributed by atoms with Gasteiger partial charge in [0.25, 0.3) is 0 Å². The third kappa shape index (κ3) is 6.03. The highest BCUT2D eigenvalue weighted by Crippen LogP contribution is 2.43. The maximum Gasteiger partial charge on any atom is 0.232 e. The first-order valence-corrected chi connectivity index (χ1v) is 14.7. The quantitative estimate of drug-likeness (QED) is 0.335. The van der Waals surface area contributed by atoms with E-state index in [1.54, 1.807) is 7.11 Å². The van der Waals surface area contributed by atoms with Crippen LogP contribution in [-0.4, -0.2) is 38.3 Å². The summed E-state index contributed by atoms with van der Waals surface area (Å²) in [5.41, 5.74) is 6.44. The molecule has 0 aromatic heterocycles. The van der Waals surface area contributed by atoms with Gasteiger partial charge in [0.15, 0.2) is 11.5 Å². The number of ether oxygens (including phenoxy) is 2. The molecule has 2 unspecified atom stereocenters. The Bertz CT molecular complexity index is 1300. The molecule has 5 rings (SSSR count). The highest BCUT2D eigenvalue weighted by atomic mass is 16.5. The van der Waals surface area contributed by atoms with E-state index in [2.05, 4.69) is 92.9 Å². The number of piperidine rings is 1. The van der Waals surface area contributed by atoms with Crippen LogP contribution in [0.25, 0.3) is 0 Å². The van der Waals surface area contributed by atoms with Crippen molar-refractivity contribution in [3.63, 3.8) is 0 Å².